The first kappa shape index (κ1) is 22.0. The maximum absolute atomic E-state index is 13.2. The van der Waals surface area contributed by atoms with Crippen molar-refractivity contribution in [2.24, 2.45) is 5.10 Å². The molecule has 0 heterocycles. The van der Waals surface area contributed by atoms with E-state index in [0.717, 1.165) is 16.9 Å². The van der Waals surface area contributed by atoms with Crippen LogP contribution >= 0.6 is 11.6 Å². The van der Waals surface area contributed by atoms with Gasteiger partial charge in [0.15, 0.2) is 0 Å². The van der Waals surface area contributed by atoms with Gasteiger partial charge in [-0.05, 0) is 67.9 Å². The molecule has 0 aromatic heterocycles. The first-order valence-corrected chi connectivity index (χ1v) is 9.73. The van der Waals surface area contributed by atoms with Crippen LogP contribution in [0, 0.1) is 19.7 Å². The van der Waals surface area contributed by atoms with E-state index in [1.807, 2.05) is 31.2 Å². The highest BCUT2D eigenvalue weighted by Crippen LogP contribution is 2.23. The number of carbonyl (C=O) groups is 2. The van der Waals surface area contributed by atoms with Crippen LogP contribution in [0.5, 0.6) is 0 Å². The van der Waals surface area contributed by atoms with E-state index in [0.29, 0.717) is 21.8 Å². The third-order valence-corrected chi connectivity index (χ3v) is 4.59. The van der Waals surface area contributed by atoms with Gasteiger partial charge in [0, 0.05) is 27.6 Å². The average Bonchev–Trinajstić information content (AvgIpc) is 2.73. The van der Waals surface area contributed by atoms with Crippen LogP contribution in [0.1, 0.15) is 16.7 Å². The fraction of sp³-hybridized carbons (Fsp3) is 0.0870. The number of hydrogen-bond acceptors (Lipinski definition) is 4. The monoisotopic (exact) mass is 438 g/mol. The SMILES string of the molecule is Cc1ccc(Nc2ccc(Cl)cc2/C=N\NC(=O)C(=O)Nc2ccc(F)cc2C)cc1. The number of benzene rings is 3. The van der Waals surface area contributed by atoms with Crippen LogP contribution in [0.2, 0.25) is 5.02 Å². The Morgan fingerprint density at radius 3 is 2.35 bits per heavy atom. The van der Waals surface area contributed by atoms with Gasteiger partial charge in [0.2, 0.25) is 0 Å². The summed E-state index contributed by atoms with van der Waals surface area (Å²) in [7, 11) is 0. The predicted molar refractivity (Wildman–Crippen MR) is 121 cm³/mol. The van der Waals surface area contributed by atoms with E-state index in [2.05, 4.69) is 21.2 Å². The van der Waals surface area contributed by atoms with E-state index in [-0.39, 0.29) is 0 Å². The van der Waals surface area contributed by atoms with E-state index in [9.17, 15) is 14.0 Å². The molecule has 0 atom stereocenters. The molecule has 2 amide bonds. The zero-order valence-corrected chi connectivity index (χ0v) is 17.6. The minimum absolute atomic E-state index is 0.338. The lowest BCUT2D eigenvalue weighted by Crippen LogP contribution is -2.32. The standard InChI is InChI=1S/C23H20ClFN4O2/c1-14-3-7-19(8-4-14)27-21-9-5-17(24)12-16(21)13-26-29-23(31)22(30)28-20-10-6-18(25)11-15(20)2/h3-13,27H,1-2H3,(H,28,30)(H,29,31)/b26-13-. The molecule has 3 rings (SSSR count). The molecule has 0 aliphatic heterocycles. The number of hydrazone groups is 1. The van der Waals surface area contributed by atoms with Gasteiger partial charge in [-0.15, -0.1) is 0 Å². The van der Waals surface area contributed by atoms with Crippen LogP contribution in [0.3, 0.4) is 0 Å². The second-order valence-corrected chi connectivity index (χ2v) is 7.27. The number of nitrogens with one attached hydrogen (secondary N) is 3. The second kappa shape index (κ2) is 9.86. The molecular weight excluding hydrogens is 419 g/mol. The Morgan fingerprint density at radius 1 is 0.935 bits per heavy atom. The van der Waals surface area contributed by atoms with Crippen LogP contribution in [-0.2, 0) is 9.59 Å². The number of aryl methyl sites for hydroxylation is 2. The van der Waals surface area contributed by atoms with Gasteiger partial charge in [-0.25, -0.2) is 9.82 Å². The van der Waals surface area contributed by atoms with Crippen molar-refractivity contribution in [3.63, 3.8) is 0 Å². The average molecular weight is 439 g/mol. The van der Waals surface area contributed by atoms with Gasteiger partial charge in [0.25, 0.3) is 0 Å². The molecule has 0 fully saturated rings. The fourth-order valence-corrected chi connectivity index (χ4v) is 2.88. The second-order valence-electron chi connectivity index (χ2n) is 6.84. The van der Waals surface area contributed by atoms with Crippen LogP contribution in [-0.4, -0.2) is 18.0 Å². The molecule has 3 aromatic carbocycles. The number of anilines is 3. The molecular formula is C23H20ClFN4O2. The minimum Gasteiger partial charge on any atom is -0.355 e. The molecule has 0 saturated carbocycles. The van der Waals surface area contributed by atoms with Gasteiger partial charge < -0.3 is 10.6 Å². The van der Waals surface area contributed by atoms with Crippen LogP contribution < -0.4 is 16.1 Å². The Hall–Kier alpha value is -3.71. The third-order valence-electron chi connectivity index (χ3n) is 4.36. The van der Waals surface area contributed by atoms with Crippen molar-refractivity contribution in [1.82, 2.24) is 5.43 Å². The van der Waals surface area contributed by atoms with Crippen molar-refractivity contribution >= 4 is 46.7 Å². The Labute approximate surface area is 184 Å². The van der Waals surface area contributed by atoms with Gasteiger partial charge in [-0.2, -0.15) is 5.10 Å². The highest BCUT2D eigenvalue weighted by atomic mass is 35.5. The highest BCUT2D eigenvalue weighted by Gasteiger charge is 2.14. The minimum atomic E-state index is -0.963. The first-order chi connectivity index (χ1) is 14.8. The van der Waals surface area contributed by atoms with E-state index in [1.54, 1.807) is 25.1 Å². The summed E-state index contributed by atoms with van der Waals surface area (Å²) >= 11 is 6.08. The van der Waals surface area contributed by atoms with Crippen LogP contribution in [0.25, 0.3) is 0 Å². The normalized spacial score (nSPS) is 10.7. The lowest BCUT2D eigenvalue weighted by Gasteiger charge is -2.10. The van der Waals surface area contributed by atoms with Crippen LogP contribution in [0.15, 0.2) is 65.8 Å². The molecule has 31 heavy (non-hydrogen) atoms. The quantitative estimate of drug-likeness (QED) is 0.300. The van der Waals surface area contributed by atoms with E-state index >= 15 is 0 Å². The Kier molecular flexibility index (Phi) is 6.99. The summed E-state index contributed by atoms with van der Waals surface area (Å²) in [4.78, 5) is 24.1. The molecule has 0 bridgehead atoms. The van der Waals surface area contributed by atoms with Crippen molar-refractivity contribution in [2.45, 2.75) is 13.8 Å². The van der Waals surface area contributed by atoms with E-state index in [4.69, 9.17) is 11.6 Å². The predicted octanol–water partition coefficient (Wildman–Crippen LogP) is 4.93. The largest absolute Gasteiger partial charge is 0.355 e. The van der Waals surface area contributed by atoms with Crippen molar-refractivity contribution in [2.75, 3.05) is 10.6 Å². The number of hydrogen-bond donors (Lipinski definition) is 3. The summed E-state index contributed by atoms with van der Waals surface area (Å²) < 4.78 is 13.2. The lowest BCUT2D eigenvalue weighted by atomic mass is 10.1. The number of amides is 2. The Bertz CT molecular complexity index is 1150. The lowest BCUT2D eigenvalue weighted by molar-refractivity contribution is -0.136. The van der Waals surface area contributed by atoms with Crippen molar-refractivity contribution < 1.29 is 14.0 Å². The van der Waals surface area contributed by atoms with E-state index < -0.39 is 17.6 Å². The molecule has 0 radical (unpaired) electrons. The molecule has 158 valence electrons. The molecule has 0 unspecified atom stereocenters. The Balaban J connectivity index is 1.66. The number of halogens is 2. The third kappa shape index (κ3) is 6.13. The van der Waals surface area contributed by atoms with Crippen molar-refractivity contribution in [3.05, 3.63) is 88.2 Å². The molecule has 0 aliphatic carbocycles. The zero-order valence-electron chi connectivity index (χ0n) is 16.9. The summed E-state index contributed by atoms with van der Waals surface area (Å²) in [6.07, 6.45) is 1.39. The number of rotatable bonds is 5. The summed E-state index contributed by atoms with van der Waals surface area (Å²) in [6, 6.07) is 16.9. The highest BCUT2D eigenvalue weighted by molar-refractivity contribution is 6.39. The maximum atomic E-state index is 13.2. The smallest absolute Gasteiger partial charge is 0.329 e. The summed E-state index contributed by atoms with van der Waals surface area (Å²) in [5.74, 6) is -2.31. The van der Waals surface area contributed by atoms with Gasteiger partial charge in [-0.1, -0.05) is 29.3 Å². The molecule has 0 spiro atoms. The Morgan fingerprint density at radius 2 is 1.65 bits per heavy atom. The molecule has 3 N–H and O–H groups in total. The van der Waals surface area contributed by atoms with Crippen molar-refractivity contribution in [3.8, 4) is 0 Å². The molecule has 3 aromatic rings. The van der Waals surface area contributed by atoms with Gasteiger partial charge >= 0.3 is 11.8 Å². The van der Waals surface area contributed by atoms with Gasteiger partial charge in [0.1, 0.15) is 5.82 Å². The fourth-order valence-electron chi connectivity index (χ4n) is 2.70. The van der Waals surface area contributed by atoms with Gasteiger partial charge in [-0.3, -0.25) is 9.59 Å². The molecule has 0 aliphatic rings. The van der Waals surface area contributed by atoms with Gasteiger partial charge in [0.05, 0.1) is 6.21 Å². The summed E-state index contributed by atoms with van der Waals surface area (Å²) in [6.45, 7) is 3.62. The first-order valence-electron chi connectivity index (χ1n) is 9.35. The zero-order chi connectivity index (χ0) is 22.4. The molecule has 8 heteroatoms. The molecule has 0 saturated heterocycles. The maximum Gasteiger partial charge on any atom is 0.329 e. The number of carbonyl (C=O) groups excluding carboxylic acids is 2. The summed E-state index contributed by atoms with van der Waals surface area (Å²) in [5, 5.41) is 10.0. The molecule has 6 nitrogen and oxygen atoms in total. The van der Waals surface area contributed by atoms with Crippen molar-refractivity contribution in [1.29, 1.82) is 0 Å². The van der Waals surface area contributed by atoms with E-state index in [1.165, 1.54) is 24.4 Å². The number of nitrogens with zero attached hydrogens (tertiary/aromatic N) is 1. The van der Waals surface area contributed by atoms with Crippen LogP contribution in [0.4, 0.5) is 21.5 Å². The summed E-state index contributed by atoms with van der Waals surface area (Å²) in [5.41, 5.74) is 6.36. The topological polar surface area (TPSA) is 82.6 Å².